The van der Waals surface area contributed by atoms with Gasteiger partial charge in [0.15, 0.2) is 0 Å². The normalized spacial score (nSPS) is 14.8. The van der Waals surface area contributed by atoms with E-state index in [2.05, 4.69) is 23.2 Å². The number of rotatable bonds is 5. The van der Waals surface area contributed by atoms with E-state index < -0.39 is 0 Å². The maximum absolute atomic E-state index is 12.1. The Hall–Kier alpha value is -1.62. The zero-order valence-corrected chi connectivity index (χ0v) is 14.9. The highest BCUT2D eigenvalue weighted by atomic mass is 35.5. The summed E-state index contributed by atoms with van der Waals surface area (Å²) < 4.78 is 5.46. The molecule has 1 aliphatic rings. The lowest BCUT2D eigenvalue weighted by Crippen LogP contribution is -2.52. The summed E-state index contributed by atoms with van der Waals surface area (Å²) >= 11 is 6.17. The molecule has 1 aromatic rings. The molecule has 6 heteroatoms. The molecule has 2 rings (SSSR count). The summed E-state index contributed by atoms with van der Waals surface area (Å²) in [6, 6.07) is 3.95. The maximum Gasteiger partial charge on any atom is 0.317 e. The Morgan fingerprint density at radius 1 is 1.30 bits per heavy atom. The number of amides is 2. The Bertz CT molecular complexity index is 543. The molecule has 0 aromatic heterocycles. The van der Waals surface area contributed by atoms with Crippen LogP contribution in [0, 0.1) is 6.92 Å². The van der Waals surface area contributed by atoms with Crippen LogP contribution < -0.4 is 15.0 Å². The van der Waals surface area contributed by atoms with Crippen LogP contribution >= 0.6 is 11.6 Å². The van der Waals surface area contributed by atoms with E-state index in [9.17, 15) is 4.79 Å². The van der Waals surface area contributed by atoms with Gasteiger partial charge in [0.1, 0.15) is 5.75 Å². The second kappa shape index (κ2) is 8.29. The van der Waals surface area contributed by atoms with Gasteiger partial charge < -0.3 is 19.9 Å². The summed E-state index contributed by atoms with van der Waals surface area (Å²) in [7, 11) is 1.65. The number of unbranched alkanes of at least 4 members (excludes halogenated alkanes) is 1. The molecule has 0 spiro atoms. The molecule has 1 saturated heterocycles. The first-order valence-electron chi connectivity index (χ1n) is 8.18. The van der Waals surface area contributed by atoms with Crippen LogP contribution in [0.1, 0.15) is 25.3 Å². The molecule has 1 N–H and O–H groups in total. The number of aryl methyl sites for hydroxylation is 1. The number of anilines is 1. The highest BCUT2D eigenvalue weighted by Gasteiger charge is 2.23. The minimum atomic E-state index is 0.0392. The first-order valence-corrected chi connectivity index (χ1v) is 8.56. The van der Waals surface area contributed by atoms with E-state index in [-0.39, 0.29) is 6.03 Å². The molecular formula is C17H26ClN3O2. The number of carbonyl (C=O) groups is 1. The summed E-state index contributed by atoms with van der Waals surface area (Å²) in [5, 5.41) is 3.68. The van der Waals surface area contributed by atoms with Crippen LogP contribution in [0.25, 0.3) is 0 Å². The van der Waals surface area contributed by atoms with Gasteiger partial charge in [-0.05, 0) is 25.0 Å². The van der Waals surface area contributed by atoms with Crippen LogP contribution in [-0.2, 0) is 0 Å². The number of piperazine rings is 1. The molecule has 128 valence electrons. The zero-order valence-electron chi connectivity index (χ0n) is 14.2. The Morgan fingerprint density at radius 3 is 2.61 bits per heavy atom. The molecule has 0 atom stereocenters. The minimum absolute atomic E-state index is 0.0392. The van der Waals surface area contributed by atoms with E-state index in [1.165, 1.54) is 0 Å². The molecule has 1 aromatic carbocycles. The van der Waals surface area contributed by atoms with Gasteiger partial charge in [-0.2, -0.15) is 0 Å². The van der Waals surface area contributed by atoms with E-state index in [0.717, 1.165) is 49.5 Å². The lowest BCUT2D eigenvalue weighted by atomic mass is 10.1. The third-order valence-corrected chi connectivity index (χ3v) is 4.58. The standard InChI is InChI=1S/C17H26ClN3O2/c1-4-5-6-19-17(22)21-9-7-20(8-10-21)15-11-13(2)14(18)12-16(15)23-3/h11-12H,4-10H2,1-3H3,(H,19,22). The number of ether oxygens (including phenoxy) is 1. The minimum Gasteiger partial charge on any atom is -0.495 e. The van der Waals surface area contributed by atoms with Gasteiger partial charge in [0.05, 0.1) is 12.8 Å². The van der Waals surface area contributed by atoms with Crippen molar-refractivity contribution in [3.05, 3.63) is 22.7 Å². The largest absolute Gasteiger partial charge is 0.495 e. The van der Waals surface area contributed by atoms with Crippen LogP contribution in [0.2, 0.25) is 5.02 Å². The van der Waals surface area contributed by atoms with E-state index >= 15 is 0 Å². The van der Waals surface area contributed by atoms with E-state index in [4.69, 9.17) is 16.3 Å². The van der Waals surface area contributed by atoms with Crippen LogP contribution in [-0.4, -0.2) is 50.8 Å². The topological polar surface area (TPSA) is 44.8 Å². The number of benzene rings is 1. The third-order valence-electron chi connectivity index (χ3n) is 4.17. The lowest BCUT2D eigenvalue weighted by Gasteiger charge is -2.36. The fourth-order valence-corrected chi connectivity index (χ4v) is 2.85. The fraction of sp³-hybridized carbons (Fsp3) is 0.588. The summed E-state index contributed by atoms with van der Waals surface area (Å²) in [4.78, 5) is 16.2. The fourth-order valence-electron chi connectivity index (χ4n) is 2.69. The van der Waals surface area contributed by atoms with Crippen molar-refractivity contribution in [3.8, 4) is 5.75 Å². The van der Waals surface area contributed by atoms with Gasteiger partial charge in [-0.25, -0.2) is 4.79 Å². The van der Waals surface area contributed by atoms with Gasteiger partial charge in [-0.3, -0.25) is 0 Å². The molecule has 0 aliphatic carbocycles. The molecule has 0 bridgehead atoms. The summed E-state index contributed by atoms with van der Waals surface area (Å²) in [6.07, 6.45) is 2.11. The van der Waals surface area contributed by atoms with E-state index in [1.54, 1.807) is 7.11 Å². The smallest absolute Gasteiger partial charge is 0.317 e. The maximum atomic E-state index is 12.1. The van der Waals surface area contributed by atoms with Crippen molar-refractivity contribution in [2.24, 2.45) is 0 Å². The summed E-state index contributed by atoms with van der Waals surface area (Å²) in [5.74, 6) is 0.779. The van der Waals surface area contributed by atoms with Crippen molar-refractivity contribution in [2.45, 2.75) is 26.7 Å². The predicted octanol–water partition coefficient (Wildman–Crippen LogP) is 3.29. The molecule has 2 amide bonds. The molecular weight excluding hydrogens is 314 g/mol. The number of urea groups is 1. The molecule has 0 unspecified atom stereocenters. The van der Waals surface area contributed by atoms with Crippen molar-refractivity contribution in [2.75, 3.05) is 44.7 Å². The molecule has 0 saturated carbocycles. The molecule has 5 nitrogen and oxygen atoms in total. The number of carbonyl (C=O) groups excluding carboxylic acids is 1. The Labute approximate surface area is 143 Å². The number of hydrogen-bond acceptors (Lipinski definition) is 3. The van der Waals surface area contributed by atoms with Crippen LogP contribution in [0.4, 0.5) is 10.5 Å². The SMILES string of the molecule is CCCCNC(=O)N1CCN(c2cc(C)c(Cl)cc2OC)CC1. The number of nitrogens with one attached hydrogen (secondary N) is 1. The summed E-state index contributed by atoms with van der Waals surface area (Å²) in [5.41, 5.74) is 2.07. The summed E-state index contributed by atoms with van der Waals surface area (Å²) in [6.45, 7) is 7.86. The van der Waals surface area contributed by atoms with Gasteiger partial charge >= 0.3 is 6.03 Å². The highest BCUT2D eigenvalue weighted by Crippen LogP contribution is 2.34. The van der Waals surface area contributed by atoms with Gasteiger partial charge in [0.25, 0.3) is 0 Å². The highest BCUT2D eigenvalue weighted by molar-refractivity contribution is 6.31. The van der Waals surface area contributed by atoms with Gasteiger partial charge in [-0.15, -0.1) is 0 Å². The van der Waals surface area contributed by atoms with Crippen LogP contribution in [0.15, 0.2) is 12.1 Å². The average molecular weight is 340 g/mol. The first kappa shape index (κ1) is 17.7. The van der Waals surface area contributed by atoms with E-state index in [1.807, 2.05) is 17.9 Å². The zero-order chi connectivity index (χ0) is 16.8. The molecule has 1 heterocycles. The van der Waals surface area contributed by atoms with Crippen LogP contribution in [0.5, 0.6) is 5.75 Å². The van der Waals surface area contributed by atoms with Gasteiger partial charge in [0.2, 0.25) is 0 Å². The lowest BCUT2D eigenvalue weighted by molar-refractivity contribution is 0.194. The molecule has 1 fully saturated rings. The second-order valence-corrected chi connectivity index (χ2v) is 6.24. The number of hydrogen-bond donors (Lipinski definition) is 1. The van der Waals surface area contributed by atoms with Gasteiger partial charge in [-0.1, -0.05) is 24.9 Å². The van der Waals surface area contributed by atoms with Crippen LogP contribution in [0.3, 0.4) is 0 Å². The Balaban J connectivity index is 1.96. The molecule has 23 heavy (non-hydrogen) atoms. The van der Waals surface area contributed by atoms with Crippen molar-refractivity contribution in [1.29, 1.82) is 0 Å². The number of methoxy groups -OCH3 is 1. The third kappa shape index (κ3) is 4.44. The quantitative estimate of drug-likeness (QED) is 0.837. The average Bonchev–Trinajstić information content (AvgIpc) is 2.57. The van der Waals surface area contributed by atoms with Crippen molar-refractivity contribution in [1.82, 2.24) is 10.2 Å². The second-order valence-electron chi connectivity index (χ2n) is 5.83. The Morgan fingerprint density at radius 2 is 2.00 bits per heavy atom. The number of nitrogens with zero attached hydrogens (tertiary/aromatic N) is 2. The Kier molecular flexibility index (Phi) is 6.39. The van der Waals surface area contributed by atoms with Crippen molar-refractivity contribution >= 4 is 23.3 Å². The monoisotopic (exact) mass is 339 g/mol. The number of halogens is 1. The van der Waals surface area contributed by atoms with Gasteiger partial charge in [0, 0.05) is 43.8 Å². The predicted molar refractivity (Wildman–Crippen MR) is 94.8 cm³/mol. The molecule has 1 aliphatic heterocycles. The van der Waals surface area contributed by atoms with Crippen molar-refractivity contribution in [3.63, 3.8) is 0 Å². The van der Waals surface area contributed by atoms with Crippen molar-refractivity contribution < 1.29 is 9.53 Å². The molecule has 0 radical (unpaired) electrons. The first-order chi connectivity index (χ1) is 11.1. The van der Waals surface area contributed by atoms with E-state index in [0.29, 0.717) is 18.1 Å².